The van der Waals surface area contributed by atoms with Crippen LogP contribution in [0, 0.1) is 6.92 Å². The van der Waals surface area contributed by atoms with Crippen molar-refractivity contribution in [1.82, 2.24) is 8.96 Å². The molecule has 0 radical (unpaired) electrons. The molecule has 0 aliphatic carbocycles. The molecule has 25 heavy (non-hydrogen) atoms. The molecule has 1 N–H and O–H groups in total. The first-order chi connectivity index (χ1) is 11.9. The van der Waals surface area contributed by atoms with E-state index in [0.29, 0.717) is 27.5 Å². The van der Waals surface area contributed by atoms with Gasteiger partial charge in [0.1, 0.15) is 0 Å². The maximum absolute atomic E-state index is 13.3. The molecule has 130 valence electrons. The van der Waals surface area contributed by atoms with Gasteiger partial charge in [-0.1, -0.05) is 36.9 Å². The second-order valence-corrected chi connectivity index (χ2v) is 8.36. The fraction of sp³-hybridized carbons (Fsp3) is 0.176. The Morgan fingerprint density at radius 2 is 1.96 bits per heavy atom. The molecule has 6 nitrogen and oxygen atoms in total. The highest BCUT2D eigenvalue weighted by Gasteiger charge is 2.26. The molecule has 0 spiro atoms. The molecule has 0 aliphatic heterocycles. The summed E-state index contributed by atoms with van der Waals surface area (Å²) in [4.78, 5) is 15.6. The number of carbonyl (C=O) groups is 1. The third-order valence-electron chi connectivity index (χ3n) is 3.72. The molecule has 0 aliphatic rings. The lowest BCUT2D eigenvalue weighted by atomic mass is 10.1. The van der Waals surface area contributed by atoms with Gasteiger partial charge in [-0.25, -0.2) is 22.2 Å². The van der Waals surface area contributed by atoms with Crippen LogP contribution in [0.1, 0.15) is 22.8 Å². The number of hydrogen-bond acceptors (Lipinski definition) is 5. The Morgan fingerprint density at radius 1 is 1.24 bits per heavy atom. The van der Waals surface area contributed by atoms with Crippen LogP contribution in [0.2, 0.25) is 0 Å². The minimum Gasteiger partial charge on any atom is -0.478 e. The number of benzene rings is 2. The van der Waals surface area contributed by atoms with E-state index < -0.39 is 16.0 Å². The molecule has 3 rings (SSSR count). The summed E-state index contributed by atoms with van der Waals surface area (Å²) in [6, 6.07) is 11.1. The van der Waals surface area contributed by atoms with Crippen molar-refractivity contribution < 1.29 is 18.3 Å². The first-order valence-corrected chi connectivity index (χ1v) is 9.98. The van der Waals surface area contributed by atoms with Crippen LogP contribution in [0.15, 0.2) is 52.5 Å². The maximum Gasteiger partial charge on any atom is 0.335 e. The van der Waals surface area contributed by atoms with Gasteiger partial charge in [0.25, 0.3) is 10.0 Å². The number of aromatic carboxylic acids is 1. The largest absolute Gasteiger partial charge is 0.478 e. The molecule has 0 bridgehead atoms. The van der Waals surface area contributed by atoms with Crippen molar-refractivity contribution in [3.8, 4) is 0 Å². The van der Waals surface area contributed by atoms with E-state index in [1.54, 1.807) is 31.2 Å². The minimum atomic E-state index is -3.99. The van der Waals surface area contributed by atoms with Crippen molar-refractivity contribution in [1.29, 1.82) is 0 Å². The molecule has 0 unspecified atom stereocenters. The number of nitrogens with zero attached hydrogens (tertiary/aromatic N) is 2. The van der Waals surface area contributed by atoms with Crippen LogP contribution in [0.25, 0.3) is 11.0 Å². The predicted molar refractivity (Wildman–Crippen MR) is 96.9 cm³/mol. The Labute approximate surface area is 149 Å². The summed E-state index contributed by atoms with van der Waals surface area (Å²) < 4.78 is 27.8. The zero-order valence-corrected chi connectivity index (χ0v) is 15.3. The Hall–Kier alpha value is -2.32. The first kappa shape index (κ1) is 17.5. The van der Waals surface area contributed by atoms with Crippen LogP contribution in [0.5, 0.6) is 0 Å². The number of para-hydroxylation sites is 2. The van der Waals surface area contributed by atoms with E-state index in [2.05, 4.69) is 4.98 Å². The lowest BCUT2D eigenvalue weighted by Gasteiger charge is -2.12. The molecule has 1 heterocycles. The minimum absolute atomic E-state index is 0.0338. The summed E-state index contributed by atoms with van der Waals surface area (Å²) in [7, 11) is -3.99. The van der Waals surface area contributed by atoms with Gasteiger partial charge in [-0.05, 0) is 42.5 Å². The van der Waals surface area contributed by atoms with Crippen molar-refractivity contribution in [3.05, 3.63) is 53.6 Å². The Bertz CT molecular complexity index is 1070. The number of rotatable bonds is 5. The molecular formula is C17H16N2O4S2. The normalized spacial score (nSPS) is 11.8. The average Bonchev–Trinajstić information content (AvgIpc) is 2.93. The summed E-state index contributed by atoms with van der Waals surface area (Å²) >= 11 is 1.32. The highest BCUT2D eigenvalue weighted by molar-refractivity contribution is 8.00. The summed E-state index contributed by atoms with van der Waals surface area (Å²) in [5, 5.41) is 9.55. The summed E-state index contributed by atoms with van der Waals surface area (Å²) in [5.41, 5.74) is 1.46. The number of aromatic nitrogens is 2. The van der Waals surface area contributed by atoms with Crippen molar-refractivity contribution in [3.63, 3.8) is 0 Å². The van der Waals surface area contributed by atoms with Crippen LogP contribution in [0.3, 0.4) is 0 Å². The van der Waals surface area contributed by atoms with E-state index in [-0.39, 0.29) is 10.5 Å². The van der Waals surface area contributed by atoms with Gasteiger partial charge >= 0.3 is 5.97 Å². The standard InChI is InChI=1S/C17H16N2O4S2/c1-3-24-17-18-13-6-4-5-7-14(13)19(17)25(22,23)15-10-12(16(20)21)9-8-11(15)2/h4-10H,3H2,1-2H3,(H,20,21). The fourth-order valence-electron chi connectivity index (χ4n) is 2.54. The molecule has 8 heteroatoms. The molecule has 0 saturated heterocycles. The molecule has 3 aromatic rings. The molecule has 0 atom stereocenters. The number of hydrogen-bond donors (Lipinski definition) is 1. The molecule has 2 aromatic carbocycles. The average molecular weight is 376 g/mol. The van der Waals surface area contributed by atoms with Crippen molar-refractivity contribution in [2.45, 2.75) is 23.9 Å². The van der Waals surface area contributed by atoms with Gasteiger partial charge in [0.15, 0.2) is 5.16 Å². The maximum atomic E-state index is 13.3. The van der Waals surface area contributed by atoms with E-state index in [9.17, 15) is 18.3 Å². The zero-order chi connectivity index (χ0) is 18.2. The fourth-order valence-corrected chi connectivity index (χ4v) is 5.24. The topological polar surface area (TPSA) is 89.3 Å². The lowest BCUT2D eigenvalue weighted by molar-refractivity contribution is 0.0696. The SMILES string of the molecule is CCSc1nc2ccccc2n1S(=O)(=O)c1cc(C(=O)O)ccc1C. The Balaban J connectivity index is 2.32. The summed E-state index contributed by atoms with van der Waals surface area (Å²) in [6.45, 7) is 3.56. The van der Waals surface area contributed by atoms with Gasteiger partial charge in [0.2, 0.25) is 0 Å². The van der Waals surface area contributed by atoms with Crippen LogP contribution < -0.4 is 0 Å². The zero-order valence-electron chi connectivity index (χ0n) is 13.6. The summed E-state index contributed by atoms with van der Waals surface area (Å²) in [5.74, 6) is -0.511. The Kier molecular flexibility index (Phi) is 4.57. The third-order valence-corrected chi connectivity index (χ3v) is 6.50. The lowest BCUT2D eigenvalue weighted by Crippen LogP contribution is -2.16. The number of thioether (sulfide) groups is 1. The number of carboxylic acid groups (broad SMARTS) is 1. The molecule has 0 amide bonds. The van der Waals surface area contributed by atoms with Gasteiger partial charge in [0, 0.05) is 0 Å². The smallest absolute Gasteiger partial charge is 0.335 e. The highest BCUT2D eigenvalue weighted by Crippen LogP contribution is 2.30. The first-order valence-electron chi connectivity index (χ1n) is 7.56. The highest BCUT2D eigenvalue weighted by atomic mass is 32.2. The van der Waals surface area contributed by atoms with Gasteiger partial charge in [-0.15, -0.1) is 0 Å². The van der Waals surface area contributed by atoms with Gasteiger partial charge in [-0.3, -0.25) is 0 Å². The molecule has 0 fully saturated rings. The van der Waals surface area contributed by atoms with Crippen LogP contribution >= 0.6 is 11.8 Å². The predicted octanol–water partition coefficient (Wildman–Crippen LogP) is 3.39. The summed E-state index contributed by atoms with van der Waals surface area (Å²) in [6.07, 6.45) is 0. The van der Waals surface area contributed by atoms with Gasteiger partial charge in [0.05, 0.1) is 21.5 Å². The van der Waals surface area contributed by atoms with Crippen molar-refractivity contribution in [2.75, 3.05) is 5.75 Å². The monoisotopic (exact) mass is 376 g/mol. The van der Waals surface area contributed by atoms with E-state index in [1.165, 1.54) is 33.9 Å². The van der Waals surface area contributed by atoms with Crippen molar-refractivity contribution in [2.24, 2.45) is 0 Å². The Morgan fingerprint density at radius 3 is 2.64 bits per heavy atom. The van der Waals surface area contributed by atoms with E-state index in [0.717, 1.165) is 0 Å². The quantitative estimate of drug-likeness (QED) is 0.687. The van der Waals surface area contributed by atoms with E-state index in [4.69, 9.17) is 0 Å². The molecular weight excluding hydrogens is 360 g/mol. The molecule has 1 aromatic heterocycles. The van der Waals surface area contributed by atoms with Crippen LogP contribution in [-0.2, 0) is 10.0 Å². The third kappa shape index (κ3) is 3.03. The number of fused-ring (bicyclic) bond motifs is 1. The number of carboxylic acids is 1. The molecule has 0 saturated carbocycles. The second kappa shape index (κ2) is 6.53. The van der Waals surface area contributed by atoms with E-state index in [1.807, 2.05) is 6.92 Å². The number of imidazole rings is 1. The van der Waals surface area contributed by atoms with Gasteiger partial charge < -0.3 is 5.11 Å². The van der Waals surface area contributed by atoms with Crippen molar-refractivity contribution >= 4 is 38.8 Å². The number of aryl methyl sites for hydroxylation is 1. The van der Waals surface area contributed by atoms with Crippen LogP contribution in [0.4, 0.5) is 0 Å². The van der Waals surface area contributed by atoms with Gasteiger partial charge in [-0.2, -0.15) is 0 Å². The van der Waals surface area contributed by atoms with E-state index >= 15 is 0 Å². The van der Waals surface area contributed by atoms with Crippen LogP contribution in [-0.4, -0.2) is 34.2 Å². The second-order valence-electron chi connectivity index (χ2n) is 5.37.